The fourth-order valence-electron chi connectivity index (χ4n) is 3.28. The Hall–Kier alpha value is -3.70. The van der Waals surface area contributed by atoms with Gasteiger partial charge in [-0.15, -0.1) is 0 Å². The van der Waals surface area contributed by atoms with Crippen molar-refractivity contribution < 1.29 is 18.0 Å². The molecule has 0 radical (unpaired) electrons. The summed E-state index contributed by atoms with van der Waals surface area (Å²) in [7, 11) is 3.58. The molecule has 168 valence electrons. The van der Waals surface area contributed by atoms with Crippen molar-refractivity contribution in [2.24, 2.45) is 0 Å². The van der Waals surface area contributed by atoms with E-state index in [2.05, 4.69) is 25.4 Å². The first kappa shape index (κ1) is 21.5. The van der Waals surface area contributed by atoms with Gasteiger partial charge in [0.15, 0.2) is 5.82 Å². The van der Waals surface area contributed by atoms with Gasteiger partial charge in [0.1, 0.15) is 17.4 Å². The lowest BCUT2D eigenvalue weighted by Gasteiger charge is -2.33. The van der Waals surface area contributed by atoms with Crippen molar-refractivity contribution in [3.8, 4) is 0 Å². The monoisotopic (exact) mass is 446 g/mol. The molecule has 4 heterocycles. The summed E-state index contributed by atoms with van der Waals surface area (Å²) in [5, 5.41) is 7.12. The smallest absolute Gasteiger partial charge is 0.346 e. The van der Waals surface area contributed by atoms with Crippen molar-refractivity contribution in [2.45, 2.75) is 32.6 Å². The second-order valence-corrected chi connectivity index (χ2v) is 7.59. The van der Waals surface area contributed by atoms with E-state index >= 15 is 0 Å². The Morgan fingerprint density at radius 3 is 2.62 bits per heavy atom. The van der Waals surface area contributed by atoms with Gasteiger partial charge in [-0.2, -0.15) is 23.3 Å². The van der Waals surface area contributed by atoms with Gasteiger partial charge in [0.2, 0.25) is 11.9 Å². The van der Waals surface area contributed by atoms with Gasteiger partial charge in [0.25, 0.3) is 0 Å². The largest absolute Gasteiger partial charge is 0.433 e. The Kier molecular flexibility index (Phi) is 5.23. The van der Waals surface area contributed by atoms with E-state index < -0.39 is 11.9 Å². The molecule has 0 saturated heterocycles. The molecule has 12 heteroatoms. The highest BCUT2D eigenvalue weighted by molar-refractivity contribution is 6.03. The zero-order valence-corrected chi connectivity index (χ0v) is 17.8. The summed E-state index contributed by atoms with van der Waals surface area (Å²) in [5.74, 6) is 0.925. The minimum Gasteiger partial charge on any atom is -0.346 e. The summed E-state index contributed by atoms with van der Waals surface area (Å²) in [6.07, 6.45) is 0.0740. The molecular weight excluding hydrogens is 425 g/mol. The maximum Gasteiger partial charge on any atom is 0.433 e. The normalized spacial score (nSPS) is 16.0. The molecule has 1 aliphatic rings. The van der Waals surface area contributed by atoms with Crippen LogP contribution in [-0.2, 0) is 17.5 Å². The second kappa shape index (κ2) is 7.77. The van der Waals surface area contributed by atoms with Crippen molar-refractivity contribution in [1.29, 1.82) is 0 Å². The van der Waals surface area contributed by atoms with Crippen molar-refractivity contribution >= 4 is 29.0 Å². The van der Waals surface area contributed by atoms with E-state index in [0.717, 1.165) is 6.07 Å². The Labute approximate surface area is 181 Å². The summed E-state index contributed by atoms with van der Waals surface area (Å²) in [6.45, 7) is 3.84. The molecule has 3 aromatic rings. The van der Waals surface area contributed by atoms with Gasteiger partial charge in [0, 0.05) is 26.5 Å². The molecule has 1 atom stereocenters. The van der Waals surface area contributed by atoms with Gasteiger partial charge in [-0.25, -0.2) is 4.98 Å². The number of hydrogen-bond acceptors (Lipinski definition) is 7. The number of carbonyl (C=O) groups is 1. The molecule has 0 saturated carbocycles. The van der Waals surface area contributed by atoms with E-state index in [0.29, 0.717) is 34.4 Å². The van der Waals surface area contributed by atoms with Crippen molar-refractivity contribution in [1.82, 2.24) is 24.7 Å². The standard InChI is InChI=1S/C20H21F3N8O/c1-11-16-17(29(3)12(2)18(32)27-16)28-19(26-11)30(4)14-8-25-31(10-14)9-13-5-6-15(24-7-13)20(21,22)23/h5-8,10,12H,9H2,1-4H3,(H,27,32). The average molecular weight is 446 g/mol. The van der Waals surface area contributed by atoms with Crippen LogP contribution in [0.15, 0.2) is 30.7 Å². The third-order valence-corrected chi connectivity index (χ3v) is 5.37. The minimum absolute atomic E-state index is 0.119. The van der Waals surface area contributed by atoms with Crippen LogP contribution in [0.25, 0.3) is 0 Å². The number of nitrogens with zero attached hydrogens (tertiary/aromatic N) is 7. The average Bonchev–Trinajstić information content (AvgIpc) is 3.20. The molecular formula is C20H21F3N8O. The lowest BCUT2D eigenvalue weighted by Crippen LogP contribution is -2.45. The molecule has 0 bridgehead atoms. The number of fused-ring (bicyclic) bond motifs is 1. The van der Waals surface area contributed by atoms with Gasteiger partial charge in [-0.05, 0) is 25.5 Å². The minimum atomic E-state index is -4.47. The van der Waals surface area contributed by atoms with Crippen LogP contribution in [0.1, 0.15) is 23.9 Å². The van der Waals surface area contributed by atoms with Crippen LogP contribution in [0.3, 0.4) is 0 Å². The van der Waals surface area contributed by atoms with E-state index in [-0.39, 0.29) is 18.5 Å². The van der Waals surface area contributed by atoms with Gasteiger partial charge < -0.3 is 15.1 Å². The molecule has 0 spiro atoms. The molecule has 0 aliphatic carbocycles. The molecule has 0 aromatic carbocycles. The number of pyridine rings is 1. The Morgan fingerprint density at radius 2 is 1.97 bits per heavy atom. The molecule has 1 amide bonds. The number of amides is 1. The number of aryl methyl sites for hydroxylation is 1. The number of nitrogens with one attached hydrogen (secondary N) is 1. The van der Waals surface area contributed by atoms with Crippen LogP contribution >= 0.6 is 0 Å². The maximum atomic E-state index is 12.7. The topological polar surface area (TPSA) is 92.1 Å². The Bertz CT molecular complexity index is 1160. The van der Waals surface area contributed by atoms with Gasteiger partial charge in [-0.1, -0.05) is 6.07 Å². The van der Waals surface area contributed by atoms with Gasteiger partial charge >= 0.3 is 6.18 Å². The van der Waals surface area contributed by atoms with Crippen LogP contribution < -0.4 is 15.1 Å². The van der Waals surface area contributed by atoms with E-state index in [1.165, 1.54) is 12.3 Å². The lowest BCUT2D eigenvalue weighted by atomic mass is 10.2. The highest BCUT2D eigenvalue weighted by Gasteiger charge is 2.32. The molecule has 0 fully saturated rings. The summed E-state index contributed by atoms with van der Waals surface area (Å²) in [5.41, 5.74) is 1.56. The number of hydrogen-bond donors (Lipinski definition) is 1. The van der Waals surface area contributed by atoms with Gasteiger partial charge in [0.05, 0.1) is 24.1 Å². The predicted octanol–water partition coefficient (Wildman–Crippen LogP) is 2.99. The number of likely N-dealkylation sites (N-methyl/N-ethyl adjacent to an activating group) is 1. The molecule has 1 aliphatic heterocycles. The van der Waals surface area contributed by atoms with Crippen LogP contribution in [0.2, 0.25) is 0 Å². The van der Waals surface area contributed by atoms with Crippen molar-refractivity contribution in [3.05, 3.63) is 47.7 Å². The quantitative estimate of drug-likeness (QED) is 0.659. The first-order valence-corrected chi connectivity index (χ1v) is 9.75. The van der Waals surface area contributed by atoms with Crippen LogP contribution in [-0.4, -0.2) is 50.8 Å². The third kappa shape index (κ3) is 3.95. The number of anilines is 4. The fraction of sp³-hybridized carbons (Fsp3) is 0.350. The first-order valence-electron chi connectivity index (χ1n) is 9.75. The molecule has 3 aromatic heterocycles. The number of alkyl halides is 3. The number of carbonyl (C=O) groups excluding carboxylic acids is 1. The summed E-state index contributed by atoms with van der Waals surface area (Å²) in [4.78, 5) is 28.2. The number of aromatic nitrogens is 5. The van der Waals surface area contributed by atoms with Gasteiger partial charge in [-0.3, -0.25) is 14.5 Å². The summed E-state index contributed by atoms with van der Waals surface area (Å²) in [6, 6.07) is 1.96. The molecule has 32 heavy (non-hydrogen) atoms. The Balaban J connectivity index is 1.55. The number of halogens is 3. The summed E-state index contributed by atoms with van der Waals surface area (Å²) < 4.78 is 39.6. The second-order valence-electron chi connectivity index (χ2n) is 7.59. The first-order chi connectivity index (χ1) is 15.0. The molecule has 4 rings (SSSR count). The van der Waals surface area contributed by atoms with E-state index in [1.807, 2.05) is 0 Å². The Morgan fingerprint density at radius 1 is 1.22 bits per heavy atom. The molecule has 1 unspecified atom stereocenters. The van der Waals surface area contributed by atoms with Crippen LogP contribution in [0.4, 0.5) is 36.3 Å². The highest BCUT2D eigenvalue weighted by atomic mass is 19.4. The SMILES string of the molecule is Cc1nc(N(C)c2cnn(Cc3ccc(C(F)(F)F)nc3)c2)nc2c1NC(=O)C(C)N2C. The lowest BCUT2D eigenvalue weighted by molar-refractivity contribution is -0.141. The molecule has 1 N–H and O–H groups in total. The third-order valence-electron chi connectivity index (χ3n) is 5.37. The van der Waals surface area contributed by atoms with E-state index in [1.54, 1.807) is 54.8 Å². The zero-order chi connectivity index (χ0) is 23.2. The van der Waals surface area contributed by atoms with E-state index in [4.69, 9.17) is 0 Å². The van der Waals surface area contributed by atoms with Crippen LogP contribution in [0.5, 0.6) is 0 Å². The summed E-state index contributed by atoms with van der Waals surface area (Å²) >= 11 is 0. The van der Waals surface area contributed by atoms with Crippen LogP contribution in [0, 0.1) is 6.92 Å². The fourth-order valence-corrected chi connectivity index (χ4v) is 3.28. The zero-order valence-electron chi connectivity index (χ0n) is 17.8. The molecule has 9 nitrogen and oxygen atoms in total. The number of rotatable bonds is 4. The van der Waals surface area contributed by atoms with Crippen molar-refractivity contribution in [3.63, 3.8) is 0 Å². The van der Waals surface area contributed by atoms with E-state index in [9.17, 15) is 18.0 Å². The highest BCUT2D eigenvalue weighted by Crippen LogP contribution is 2.34. The van der Waals surface area contributed by atoms with Crippen molar-refractivity contribution in [2.75, 3.05) is 29.2 Å². The predicted molar refractivity (Wildman–Crippen MR) is 112 cm³/mol. The maximum absolute atomic E-state index is 12.7.